The lowest BCUT2D eigenvalue weighted by molar-refractivity contribution is -0.134. The van der Waals surface area contributed by atoms with Gasteiger partial charge in [0, 0.05) is 26.2 Å². The Labute approximate surface area is 142 Å². The smallest absolute Gasteiger partial charge is 0.237 e. The first kappa shape index (κ1) is 18.0. The first-order valence-corrected chi connectivity index (χ1v) is 8.08. The van der Waals surface area contributed by atoms with Crippen LogP contribution in [0.4, 0.5) is 0 Å². The number of nitrogens with one attached hydrogen (secondary N) is 2. The van der Waals surface area contributed by atoms with E-state index in [9.17, 15) is 9.59 Å². The van der Waals surface area contributed by atoms with E-state index in [0.717, 1.165) is 23.4 Å². The Morgan fingerprint density at radius 2 is 2.33 bits per heavy atom. The van der Waals surface area contributed by atoms with Crippen LogP contribution in [0.1, 0.15) is 17.5 Å². The predicted octanol–water partition coefficient (Wildman–Crippen LogP) is 0.996. The van der Waals surface area contributed by atoms with Crippen LogP contribution in [0.15, 0.2) is 30.9 Å². The number of piperazine rings is 1. The molecule has 1 atom stereocenters. The Hall–Kier alpha value is -2.34. The van der Waals surface area contributed by atoms with Gasteiger partial charge in [-0.15, -0.1) is 6.58 Å². The number of ether oxygens (including phenoxy) is 1. The van der Waals surface area contributed by atoms with E-state index in [1.807, 2.05) is 24.0 Å². The molecule has 1 aromatic rings. The molecule has 0 aromatic heterocycles. The minimum atomic E-state index is -0.453. The molecule has 0 radical (unpaired) electrons. The second-order valence-electron chi connectivity index (χ2n) is 5.88. The summed E-state index contributed by atoms with van der Waals surface area (Å²) in [4.78, 5) is 26.2. The number of carbonyl (C=O) groups is 2. The third-order valence-electron chi connectivity index (χ3n) is 4.11. The first-order chi connectivity index (χ1) is 11.5. The lowest BCUT2D eigenvalue weighted by Gasteiger charge is -2.34. The number of carbonyl (C=O) groups excluding carboxylic acids is 2. The number of nitrogens with zero attached hydrogens (tertiary/aromatic N) is 1. The molecule has 0 unspecified atom stereocenters. The highest BCUT2D eigenvalue weighted by Crippen LogP contribution is 2.21. The maximum Gasteiger partial charge on any atom is 0.237 e. The molecule has 2 rings (SSSR count). The van der Waals surface area contributed by atoms with Crippen molar-refractivity contribution in [1.82, 2.24) is 15.5 Å². The van der Waals surface area contributed by atoms with Crippen molar-refractivity contribution in [2.24, 2.45) is 0 Å². The van der Waals surface area contributed by atoms with Crippen molar-refractivity contribution in [3.63, 3.8) is 0 Å². The molecule has 0 bridgehead atoms. The fourth-order valence-electron chi connectivity index (χ4n) is 2.88. The number of hydrogen-bond donors (Lipinski definition) is 2. The van der Waals surface area contributed by atoms with Crippen molar-refractivity contribution in [3.05, 3.63) is 42.0 Å². The minimum Gasteiger partial charge on any atom is -0.496 e. The van der Waals surface area contributed by atoms with Gasteiger partial charge in [-0.2, -0.15) is 0 Å². The molecule has 6 nitrogen and oxygen atoms in total. The Balaban J connectivity index is 2.07. The van der Waals surface area contributed by atoms with Crippen LogP contribution >= 0.6 is 0 Å². The van der Waals surface area contributed by atoms with Gasteiger partial charge in [0.2, 0.25) is 11.8 Å². The molecule has 2 N–H and O–H groups in total. The van der Waals surface area contributed by atoms with E-state index in [-0.39, 0.29) is 18.2 Å². The molecule has 1 aliphatic heterocycles. The van der Waals surface area contributed by atoms with Crippen LogP contribution in [-0.4, -0.2) is 49.5 Å². The van der Waals surface area contributed by atoms with Gasteiger partial charge in [0.05, 0.1) is 19.6 Å². The zero-order valence-electron chi connectivity index (χ0n) is 14.3. The Morgan fingerprint density at radius 3 is 3.00 bits per heavy atom. The van der Waals surface area contributed by atoms with Gasteiger partial charge in [-0.1, -0.05) is 18.2 Å². The van der Waals surface area contributed by atoms with Crippen LogP contribution in [0.25, 0.3) is 0 Å². The second kappa shape index (κ2) is 8.49. The number of amides is 2. The molecule has 130 valence electrons. The molecule has 0 saturated carbocycles. The summed E-state index contributed by atoms with van der Waals surface area (Å²) in [7, 11) is 1.65. The number of benzene rings is 1. The van der Waals surface area contributed by atoms with Gasteiger partial charge in [0.15, 0.2) is 0 Å². The van der Waals surface area contributed by atoms with Crippen LogP contribution in [0.2, 0.25) is 0 Å². The lowest BCUT2D eigenvalue weighted by Crippen LogP contribution is -2.56. The summed E-state index contributed by atoms with van der Waals surface area (Å²) in [5.74, 6) is 0.601. The van der Waals surface area contributed by atoms with Gasteiger partial charge in [0.1, 0.15) is 5.75 Å². The van der Waals surface area contributed by atoms with Gasteiger partial charge in [0.25, 0.3) is 0 Å². The van der Waals surface area contributed by atoms with E-state index in [0.29, 0.717) is 19.6 Å². The van der Waals surface area contributed by atoms with Crippen molar-refractivity contribution in [2.45, 2.75) is 25.9 Å². The molecule has 24 heavy (non-hydrogen) atoms. The molecule has 0 aliphatic carbocycles. The molecule has 1 aliphatic rings. The summed E-state index contributed by atoms with van der Waals surface area (Å²) < 4.78 is 5.28. The van der Waals surface area contributed by atoms with Crippen LogP contribution < -0.4 is 15.4 Å². The van der Waals surface area contributed by atoms with Crippen molar-refractivity contribution in [3.8, 4) is 5.75 Å². The lowest BCUT2D eigenvalue weighted by atomic mass is 10.1. The third-order valence-corrected chi connectivity index (χ3v) is 4.11. The summed E-state index contributed by atoms with van der Waals surface area (Å²) in [6.07, 6.45) is 1.77. The van der Waals surface area contributed by atoms with Gasteiger partial charge in [-0.25, -0.2) is 0 Å². The number of methoxy groups -OCH3 is 1. The predicted molar refractivity (Wildman–Crippen MR) is 92.8 cm³/mol. The zero-order valence-corrected chi connectivity index (χ0v) is 14.3. The van der Waals surface area contributed by atoms with Crippen molar-refractivity contribution < 1.29 is 14.3 Å². The fraction of sp³-hybridized carbons (Fsp3) is 0.444. The van der Waals surface area contributed by atoms with Crippen LogP contribution in [0.3, 0.4) is 0 Å². The molecule has 1 saturated heterocycles. The maximum absolute atomic E-state index is 12.2. The molecule has 1 aromatic carbocycles. The van der Waals surface area contributed by atoms with E-state index in [2.05, 4.69) is 23.3 Å². The normalized spacial score (nSPS) is 17.9. The SMILES string of the molecule is C=CCNC(=O)C[C@@H]1C(=O)NCCN1Cc1ccc(OC)c(C)c1. The molecule has 2 amide bonds. The largest absolute Gasteiger partial charge is 0.496 e. The summed E-state index contributed by atoms with van der Waals surface area (Å²) in [5.41, 5.74) is 2.15. The second-order valence-corrected chi connectivity index (χ2v) is 5.88. The van der Waals surface area contributed by atoms with E-state index in [1.165, 1.54) is 0 Å². The number of hydrogen-bond acceptors (Lipinski definition) is 4. The number of aryl methyl sites for hydroxylation is 1. The Kier molecular flexibility index (Phi) is 6.37. The van der Waals surface area contributed by atoms with Crippen LogP contribution in [0.5, 0.6) is 5.75 Å². The summed E-state index contributed by atoms with van der Waals surface area (Å²) >= 11 is 0. The van der Waals surface area contributed by atoms with Crippen LogP contribution in [-0.2, 0) is 16.1 Å². The van der Waals surface area contributed by atoms with Gasteiger partial charge in [-0.05, 0) is 24.1 Å². The van der Waals surface area contributed by atoms with E-state index < -0.39 is 6.04 Å². The molecule has 1 heterocycles. The molecule has 1 fully saturated rings. The zero-order chi connectivity index (χ0) is 17.5. The van der Waals surface area contributed by atoms with Gasteiger partial charge in [-0.3, -0.25) is 14.5 Å². The molecule has 0 spiro atoms. The Bertz CT molecular complexity index is 616. The highest BCUT2D eigenvalue weighted by atomic mass is 16.5. The van der Waals surface area contributed by atoms with Crippen molar-refractivity contribution in [1.29, 1.82) is 0 Å². The average molecular weight is 331 g/mol. The fourth-order valence-corrected chi connectivity index (χ4v) is 2.88. The molecular weight excluding hydrogens is 306 g/mol. The van der Waals surface area contributed by atoms with Crippen molar-refractivity contribution in [2.75, 3.05) is 26.7 Å². The molecule has 6 heteroatoms. The minimum absolute atomic E-state index is 0.0970. The maximum atomic E-state index is 12.2. The van der Waals surface area contributed by atoms with Crippen molar-refractivity contribution >= 4 is 11.8 Å². The highest BCUT2D eigenvalue weighted by Gasteiger charge is 2.31. The topological polar surface area (TPSA) is 70.7 Å². The highest BCUT2D eigenvalue weighted by molar-refractivity contribution is 5.88. The third kappa shape index (κ3) is 4.58. The monoisotopic (exact) mass is 331 g/mol. The van der Waals surface area contributed by atoms with Crippen LogP contribution in [0, 0.1) is 6.92 Å². The number of rotatable bonds is 7. The Morgan fingerprint density at radius 1 is 1.54 bits per heavy atom. The quantitative estimate of drug-likeness (QED) is 0.731. The van der Waals surface area contributed by atoms with Gasteiger partial charge >= 0.3 is 0 Å². The first-order valence-electron chi connectivity index (χ1n) is 8.08. The summed E-state index contributed by atoms with van der Waals surface area (Å²) in [5, 5.41) is 5.57. The average Bonchev–Trinajstić information content (AvgIpc) is 2.56. The van der Waals surface area contributed by atoms with E-state index >= 15 is 0 Å². The molecular formula is C18H25N3O3. The summed E-state index contributed by atoms with van der Waals surface area (Å²) in [6, 6.07) is 5.53. The van der Waals surface area contributed by atoms with E-state index in [4.69, 9.17) is 4.74 Å². The van der Waals surface area contributed by atoms with Gasteiger partial charge < -0.3 is 15.4 Å². The van der Waals surface area contributed by atoms with E-state index in [1.54, 1.807) is 13.2 Å². The standard InChI is InChI=1S/C18H25N3O3/c1-4-7-19-17(22)11-15-18(23)20-8-9-21(15)12-14-5-6-16(24-3)13(2)10-14/h4-6,10,15H,1,7-9,11-12H2,2-3H3,(H,19,22)(H,20,23)/t15-/m1/s1. The summed E-state index contributed by atoms with van der Waals surface area (Å²) in [6.45, 7) is 7.91.